The first kappa shape index (κ1) is 24.9. The van der Waals surface area contributed by atoms with Crippen molar-refractivity contribution in [2.45, 2.75) is 25.8 Å². The molecule has 0 saturated carbocycles. The van der Waals surface area contributed by atoms with Crippen LogP contribution in [0.25, 0.3) is 11.0 Å². The fraction of sp³-hybridized carbons (Fsp3) is 0.333. The first-order valence-electron chi connectivity index (χ1n) is 11.4. The molecule has 1 aliphatic rings. The van der Waals surface area contributed by atoms with Crippen LogP contribution in [0.3, 0.4) is 0 Å². The summed E-state index contributed by atoms with van der Waals surface area (Å²) >= 11 is 0. The third-order valence-electron chi connectivity index (χ3n) is 5.99. The maximum atomic E-state index is 14.0. The number of nitrogens with one attached hydrogen (secondary N) is 2. The molecular weight excluding hydrogens is 476 g/mol. The number of piperidine rings is 1. The number of nitrogens with zero attached hydrogens (tertiary/aromatic N) is 3. The fourth-order valence-corrected chi connectivity index (χ4v) is 4.09. The number of hydrogen-bond donors (Lipinski definition) is 3. The van der Waals surface area contributed by atoms with Crippen LogP contribution in [0.1, 0.15) is 35.2 Å². The molecule has 0 bridgehead atoms. The Morgan fingerprint density at radius 3 is 2.58 bits per heavy atom. The van der Waals surface area contributed by atoms with Gasteiger partial charge in [0.25, 0.3) is 11.5 Å². The van der Waals surface area contributed by atoms with Crippen LogP contribution in [0.4, 0.5) is 20.3 Å². The molecule has 2 aromatic heterocycles. The summed E-state index contributed by atoms with van der Waals surface area (Å²) < 4.78 is 32.1. The Hall–Kier alpha value is -4.22. The molecule has 1 saturated heterocycles. The second-order valence-electron chi connectivity index (χ2n) is 8.30. The minimum absolute atomic E-state index is 0.00762. The maximum Gasteiger partial charge on any atom is 0.325 e. The minimum Gasteiger partial charge on any atom is -0.468 e. The van der Waals surface area contributed by atoms with Crippen LogP contribution in [0, 0.1) is 11.6 Å². The number of esters is 1. The van der Waals surface area contributed by atoms with Gasteiger partial charge in [-0.2, -0.15) is 0 Å². The number of aromatic nitrogens is 2. The lowest BCUT2D eigenvalue weighted by Crippen LogP contribution is -2.35. The van der Waals surface area contributed by atoms with Crippen molar-refractivity contribution in [1.82, 2.24) is 15.0 Å². The number of halogens is 2. The zero-order chi connectivity index (χ0) is 25.8. The van der Waals surface area contributed by atoms with Gasteiger partial charge in [0.05, 0.1) is 12.8 Å². The number of rotatable bonds is 7. The van der Waals surface area contributed by atoms with Crippen molar-refractivity contribution in [2.24, 2.45) is 0 Å². The van der Waals surface area contributed by atoms with Crippen molar-refractivity contribution in [1.29, 1.82) is 0 Å². The number of fused-ring (bicyclic) bond motifs is 1. The van der Waals surface area contributed by atoms with Crippen LogP contribution < -0.4 is 21.1 Å². The lowest BCUT2D eigenvalue weighted by atomic mass is 10.1. The molecule has 10 nitrogen and oxygen atoms in total. The van der Waals surface area contributed by atoms with Crippen LogP contribution in [0.2, 0.25) is 0 Å². The monoisotopic (exact) mass is 501 g/mol. The SMILES string of the molecule is COC(=O)CNc1c(C(=O)NCc2ccc(F)cc2F)c(=O)n(O)c2nc(N3CCCCC3)ccc12. The van der Waals surface area contributed by atoms with Crippen molar-refractivity contribution >= 4 is 34.4 Å². The highest BCUT2D eigenvalue weighted by molar-refractivity contribution is 6.07. The Morgan fingerprint density at radius 1 is 1.14 bits per heavy atom. The van der Waals surface area contributed by atoms with E-state index >= 15 is 0 Å². The summed E-state index contributed by atoms with van der Waals surface area (Å²) in [6, 6.07) is 6.17. The predicted octanol–water partition coefficient (Wildman–Crippen LogP) is 2.42. The first-order valence-corrected chi connectivity index (χ1v) is 11.4. The average Bonchev–Trinajstić information content (AvgIpc) is 2.89. The highest BCUT2D eigenvalue weighted by Gasteiger charge is 2.25. The zero-order valence-electron chi connectivity index (χ0n) is 19.5. The van der Waals surface area contributed by atoms with Gasteiger partial charge in [0.2, 0.25) is 0 Å². The number of amides is 1. The molecule has 4 rings (SSSR count). The van der Waals surface area contributed by atoms with Crippen LogP contribution in [-0.2, 0) is 16.1 Å². The van der Waals surface area contributed by atoms with Crippen molar-refractivity contribution in [2.75, 3.05) is 37.0 Å². The second-order valence-corrected chi connectivity index (χ2v) is 8.30. The van der Waals surface area contributed by atoms with Crippen LogP contribution >= 0.6 is 0 Å². The Morgan fingerprint density at radius 2 is 1.89 bits per heavy atom. The highest BCUT2D eigenvalue weighted by Crippen LogP contribution is 2.27. The zero-order valence-corrected chi connectivity index (χ0v) is 19.5. The summed E-state index contributed by atoms with van der Waals surface area (Å²) in [6.07, 6.45) is 3.09. The number of hydrogen-bond acceptors (Lipinski definition) is 8. The molecular formula is C24H25F2N5O5. The molecule has 0 unspecified atom stereocenters. The third-order valence-corrected chi connectivity index (χ3v) is 5.99. The highest BCUT2D eigenvalue weighted by atomic mass is 19.1. The van der Waals surface area contributed by atoms with Gasteiger partial charge in [-0.05, 0) is 37.5 Å². The summed E-state index contributed by atoms with van der Waals surface area (Å²) in [6.45, 7) is 0.835. The predicted molar refractivity (Wildman–Crippen MR) is 127 cm³/mol. The Balaban J connectivity index is 1.75. The lowest BCUT2D eigenvalue weighted by molar-refractivity contribution is -0.138. The number of carbonyl (C=O) groups is 2. The standard InChI is InChI=1S/C24H25F2N5O5/c1-36-19(32)13-27-21-16-7-8-18(30-9-3-2-4-10-30)29-22(16)31(35)24(34)20(21)23(33)28-12-14-5-6-15(25)11-17(14)26/h5-8,11,27,35H,2-4,9-10,12-13H2,1H3,(H,28,33). The van der Waals surface area contributed by atoms with E-state index in [4.69, 9.17) is 0 Å². The van der Waals surface area contributed by atoms with E-state index in [2.05, 4.69) is 20.4 Å². The van der Waals surface area contributed by atoms with E-state index in [1.807, 2.05) is 4.90 Å². The number of carbonyl (C=O) groups excluding carboxylic acids is 2. The third kappa shape index (κ3) is 5.07. The normalized spacial score (nSPS) is 13.5. The van der Waals surface area contributed by atoms with E-state index in [-0.39, 0.29) is 40.1 Å². The smallest absolute Gasteiger partial charge is 0.325 e. The van der Waals surface area contributed by atoms with E-state index in [1.54, 1.807) is 12.1 Å². The Labute approximate surface area is 204 Å². The number of anilines is 2. The van der Waals surface area contributed by atoms with Gasteiger partial charge in [0.15, 0.2) is 5.65 Å². The number of ether oxygens (including phenoxy) is 1. The van der Waals surface area contributed by atoms with Crippen molar-refractivity contribution < 1.29 is 28.3 Å². The number of benzene rings is 1. The molecule has 1 aromatic carbocycles. The summed E-state index contributed by atoms with van der Waals surface area (Å²) in [5.74, 6) is -2.68. The van der Waals surface area contributed by atoms with Crippen LogP contribution in [0.5, 0.6) is 0 Å². The molecule has 3 N–H and O–H groups in total. The number of pyridine rings is 2. The average molecular weight is 501 g/mol. The molecule has 12 heteroatoms. The molecule has 36 heavy (non-hydrogen) atoms. The Bertz CT molecular complexity index is 1370. The molecule has 3 heterocycles. The lowest BCUT2D eigenvalue weighted by Gasteiger charge is -2.28. The molecule has 1 fully saturated rings. The molecule has 0 atom stereocenters. The molecule has 3 aromatic rings. The first-order chi connectivity index (χ1) is 17.3. The van der Waals surface area contributed by atoms with E-state index in [0.29, 0.717) is 11.9 Å². The van der Waals surface area contributed by atoms with E-state index in [0.717, 1.165) is 44.5 Å². The molecule has 190 valence electrons. The van der Waals surface area contributed by atoms with Gasteiger partial charge in [-0.25, -0.2) is 13.8 Å². The van der Waals surface area contributed by atoms with E-state index in [1.165, 1.54) is 7.11 Å². The van der Waals surface area contributed by atoms with Crippen LogP contribution in [0.15, 0.2) is 35.1 Å². The Kier molecular flexibility index (Phi) is 7.32. The summed E-state index contributed by atoms with van der Waals surface area (Å²) in [7, 11) is 1.19. The topological polar surface area (TPSA) is 126 Å². The van der Waals surface area contributed by atoms with Gasteiger partial charge in [-0.3, -0.25) is 14.4 Å². The summed E-state index contributed by atoms with van der Waals surface area (Å²) in [5, 5.41) is 16.0. The van der Waals surface area contributed by atoms with Crippen LogP contribution in [-0.4, -0.2) is 53.5 Å². The van der Waals surface area contributed by atoms with Gasteiger partial charge in [-0.1, -0.05) is 6.07 Å². The minimum atomic E-state index is -1.09. The fourth-order valence-electron chi connectivity index (χ4n) is 4.09. The molecule has 0 radical (unpaired) electrons. The largest absolute Gasteiger partial charge is 0.468 e. The van der Waals surface area contributed by atoms with Gasteiger partial charge < -0.3 is 25.5 Å². The molecule has 1 amide bonds. The van der Waals surface area contributed by atoms with E-state index in [9.17, 15) is 28.4 Å². The van der Waals surface area contributed by atoms with Gasteiger partial charge >= 0.3 is 5.97 Å². The molecule has 0 spiro atoms. The maximum absolute atomic E-state index is 14.0. The van der Waals surface area contributed by atoms with Crippen molar-refractivity contribution in [3.05, 3.63) is 63.4 Å². The van der Waals surface area contributed by atoms with Crippen molar-refractivity contribution in [3.8, 4) is 0 Å². The van der Waals surface area contributed by atoms with Gasteiger partial charge in [0, 0.05) is 36.7 Å². The second kappa shape index (κ2) is 10.6. The van der Waals surface area contributed by atoms with Crippen molar-refractivity contribution in [3.63, 3.8) is 0 Å². The molecule has 0 aliphatic carbocycles. The summed E-state index contributed by atoms with van der Waals surface area (Å²) in [5.41, 5.74) is -1.75. The summed E-state index contributed by atoms with van der Waals surface area (Å²) in [4.78, 5) is 44.4. The van der Waals surface area contributed by atoms with Gasteiger partial charge in [-0.15, -0.1) is 4.73 Å². The van der Waals surface area contributed by atoms with Gasteiger partial charge in [0.1, 0.15) is 29.6 Å². The van der Waals surface area contributed by atoms with E-state index < -0.39 is 34.6 Å². The number of methoxy groups -OCH3 is 1. The quantitative estimate of drug-likeness (QED) is 0.333. The molecule has 1 aliphatic heterocycles.